The van der Waals surface area contributed by atoms with E-state index in [-0.39, 0.29) is 5.76 Å². The molecular weight excluding hydrogens is 252 g/mol. The highest BCUT2D eigenvalue weighted by Gasteiger charge is 2.13. The molecule has 0 aliphatic rings. The maximum Gasteiger partial charge on any atom is 0.374 e. The van der Waals surface area contributed by atoms with Gasteiger partial charge >= 0.3 is 5.97 Å². The Morgan fingerprint density at radius 2 is 2.22 bits per heavy atom. The van der Waals surface area contributed by atoms with Crippen LogP contribution in [0, 0.1) is 6.92 Å². The third-order valence-electron chi connectivity index (χ3n) is 2.51. The average Bonchev–Trinajstić information content (AvgIpc) is 2.91. The minimum absolute atomic E-state index is 0.161. The van der Waals surface area contributed by atoms with Gasteiger partial charge in [0.15, 0.2) is 0 Å². The van der Waals surface area contributed by atoms with Gasteiger partial charge in [-0.05, 0) is 19.1 Å². The van der Waals surface area contributed by atoms with E-state index in [4.69, 9.17) is 9.63 Å². The minimum Gasteiger partial charge on any atom is -0.475 e. The van der Waals surface area contributed by atoms with Crippen molar-refractivity contribution in [3.63, 3.8) is 0 Å². The van der Waals surface area contributed by atoms with Crippen LogP contribution in [0.4, 0.5) is 0 Å². The van der Waals surface area contributed by atoms with Crippen molar-refractivity contribution in [2.75, 3.05) is 0 Å². The van der Waals surface area contributed by atoms with Gasteiger partial charge in [0, 0.05) is 11.6 Å². The summed E-state index contributed by atoms with van der Waals surface area (Å²) >= 11 is 1.59. The van der Waals surface area contributed by atoms with Crippen molar-refractivity contribution in [1.82, 2.24) is 10.1 Å². The first kappa shape index (κ1) is 10.9. The van der Waals surface area contributed by atoms with Gasteiger partial charge in [-0.2, -0.15) is 0 Å². The molecule has 0 spiro atoms. The van der Waals surface area contributed by atoms with E-state index < -0.39 is 5.97 Å². The Morgan fingerprint density at radius 3 is 2.94 bits per heavy atom. The molecule has 1 N–H and O–H groups in total. The smallest absolute Gasteiger partial charge is 0.374 e. The molecule has 0 amide bonds. The molecule has 0 atom stereocenters. The van der Waals surface area contributed by atoms with E-state index in [0.717, 1.165) is 20.8 Å². The summed E-state index contributed by atoms with van der Waals surface area (Å²) in [7, 11) is 0. The predicted molar refractivity (Wildman–Crippen MR) is 66.8 cm³/mol. The van der Waals surface area contributed by atoms with Crippen molar-refractivity contribution < 1.29 is 14.4 Å². The van der Waals surface area contributed by atoms with Gasteiger partial charge in [0.25, 0.3) is 0 Å². The number of carboxylic acid groups (broad SMARTS) is 1. The van der Waals surface area contributed by atoms with Crippen molar-refractivity contribution in [3.05, 3.63) is 35.0 Å². The van der Waals surface area contributed by atoms with Gasteiger partial charge in [0.05, 0.1) is 15.2 Å². The Bertz CT molecular complexity index is 745. The molecule has 0 saturated carbocycles. The highest BCUT2D eigenvalue weighted by atomic mass is 32.1. The molecular formula is C12H8N2O3S. The average molecular weight is 260 g/mol. The van der Waals surface area contributed by atoms with Gasteiger partial charge in [-0.1, -0.05) is 11.2 Å². The summed E-state index contributed by atoms with van der Waals surface area (Å²) in [6, 6.07) is 7.09. The van der Waals surface area contributed by atoms with Crippen LogP contribution in [0.1, 0.15) is 15.6 Å². The van der Waals surface area contributed by atoms with E-state index in [9.17, 15) is 4.79 Å². The molecule has 0 saturated heterocycles. The van der Waals surface area contributed by atoms with Gasteiger partial charge in [0.2, 0.25) is 5.76 Å². The number of carboxylic acids is 1. The third-order valence-corrected chi connectivity index (χ3v) is 3.45. The zero-order chi connectivity index (χ0) is 12.7. The molecule has 3 rings (SSSR count). The van der Waals surface area contributed by atoms with Crippen LogP contribution in [0.5, 0.6) is 0 Å². The molecule has 0 radical (unpaired) electrons. The number of nitrogens with zero attached hydrogens (tertiary/aromatic N) is 2. The first-order chi connectivity index (χ1) is 8.63. The van der Waals surface area contributed by atoms with Gasteiger partial charge in [0.1, 0.15) is 5.69 Å². The van der Waals surface area contributed by atoms with Crippen LogP contribution in [-0.4, -0.2) is 21.2 Å². The molecule has 0 aliphatic heterocycles. The summed E-state index contributed by atoms with van der Waals surface area (Å²) in [5, 5.41) is 13.5. The van der Waals surface area contributed by atoms with Gasteiger partial charge in [-0.15, -0.1) is 11.3 Å². The van der Waals surface area contributed by atoms with Gasteiger partial charge in [-0.25, -0.2) is 9.78 Å². The lowest BCUT2D eigenvalue weighted by Crippen LogP contribution is -1.91. The third kappa shape index (κ3) is 1.76. The number of aromatic carboxylic acids is 1. The first-order valence-electron chi connectivity index (χ1n) is 5.21. The van der Waals surface area contributed by atoms with Crippen LogP contribution in [-0.2, 0) is 0 Å². The Labute approximate surface area is 106 Å². The van der Waals surface area contributed by atoms with Crippen molar-refractivity contribution in [1.29, 1.82) is 0 Å². The van der Waals surface area contributed by atoms with E-state index >= 15 is 0 Å². The largest absolute Gasteiger partial charge is 0.475 e. The van der Waals surface area contributed by atoms with Gasteiger partial charge in [-0.3, -0.25) is 0 Å². The van der Waals surface area contributed by atoms with E-state index in [2.05, 4.69) is 10.1 Å². The minimum atomic E-state index is -1.12. The lowest BCUT2D eigenvalue weighted by atomic mass is 10.1. The Morgan fingerprint density at radius 1 is 1.39 bits per heavy atom. The summed E-state index contributed by atoms with van der Waals surface area (Å²) in [5.74, 6) is -1.28. The van der Waals surface area contributed by atoms with Crippen molar-refractivity contribution in [2.45, 2.75) is 6.92 Å². The van der Waals surface area contributed by atoms with Crippen LogP contribution >= 0.6 is 11.3 Å². The van der Waals surface area contributed by atoms with Gasteiger partial charge < -0.3 is 9.63 Å². The number of hydrogen-bond donors (Lipinski definition) is 1. The lowest BCUT2D eigenvalue weighted by molar-refractivity contribution is 0.0652. The fourth-order valence-corrected chi connectivity index (χ4v) is 2.58. The summed E-state index contributed by atoms with van der Waals surface area (Å²) in [5.41, 5.74) is 2.27. The molecule has 18 heavy (non-hydrogen) atoms. The lowest BCUT2D eigenvalue weighted by Gasteiger charge is -1.94. The van der Waals surface area contributed by atoms with Crippen molar-refractivity contribution in [3.8, 4) is 11.3 Å². The topological polar surface area (TPSA) is 76.2 Å². The molecule has 1 aromatic carbocycles. The zero-order valence-corrected chi connectivity index (χ0v) is 10.2. The summed E-state index contributed by atoms with van der Waals surface area (Å²) < 4.78 is 5.78. The van der Waals surface area contributed by atoms with Crippen LogP contribution in [0.2, 0.25) is 0 Å². The Balaban J connectivity index is 2.09. The monoisotopic (exact) mass is 260 g/mol. The summed E-state index contributed by atoms with van der Waals surface area (Å²) in [4.78, 5) is 15.1. The molecule has 0 unspecified atom stereocenters. The maximum absolute atomic E-state index is 10.7. The normalized spacial score (nSPS) is 10.9. The van der Waals surface area contributed by atoms with Crippen LogP contribution in [0.15, 0.2) is 28.8 Å². The molecule has 5 nitrogen and oxygen atoms in total. The standard InChI is InChI=1S/C12H8N2O3S/c1-6-13-8-3-2-7(4-11(8)18-6)9-5-10(12(15)16)17-14-9/h2-5H,1H3,(H,15,16). The number of benzene rings is 1. The fraction of sp³-hybridized carbons (Fsp3) is 0.0833. The molecule has 90 valence electrons. The second-order valence-corrected chi connectivity index (χ2v) is 5.03. The molecule has 0 aliphatic carbocycles. The highest BCUT2D eigenvalue weighted by Crippen LogP contribution is 2.27. The molecule has 0 bridgehead atoms. The predicted octanol–water partition coefficient (Wildman–Crippen LogP) is 2.96. The number of fused-ring (bicyclic) bond motifs is 1. The van der Waals surface area contributed by atoms with E-state index in [1.54, 1.807) is 11.3 Å². The molecule has 0 fully saturated rings. The number of hydrogen-bond acceptors (Lipinski definition) is 5. The molecule has 2 heterocycles. The van der Waals surface area contributed by atoms with Crippen molar-refractivity contribution >= 4 is 27.5 Å². The van der Waals surface area contributed by atoms with Crippen LogP contribution in [0.3, 0.4) is 0 Å². The Hall–Kier alpha value is -2.21. The second kappa shape index (κ2) is 3.92. The SMILES string of the molecule is Cc1nc2ccc(-c3cc(C(=O)O)on3)cc2s1. The second-order valence-electron chi connectivity index (χ2n) is 3.80. The van der Waals surface area contributed by atoms with Crippen molar-refractivity contribution in [2.24, 2.45) is 0 Å². The first-order valence-corrected chi connectivity index (χ1v) is 6.03. The van der Waals surface area contributed by atoms with Crippen LogP contribution < -0.4 is 0 Å². The Kier molecular flexibility index (Phi) is 2.38. The molecule has 3 aromatic rings. The maximum atomic E-state index is 10.7. The van der Waals surface area contributed by atoms with E-state index in [1.807, 2.05) is 25.1 Å². The summed E-state index contributed by atoms with van der Waals surface area (Å²) in [6.07, 6.45) is 0. The zero-order valence-electron chi connectivity index (χ0n) is 9.38. The van der Waals surface area contributed by atoms with Crippen LogP contribution in [0.25, 0.3) is 21.5 Å². The highest BCUT2D eigenvalue weighted by molar-refractivity contribution is 7.18. The van der Waals surface area contributed by atoms with E-state index in [1.165, 1.54) is 6.07 Å². The number of carbonyl (C=O) groups is 1. The number of aryl methyl sites for hydroxylation is 1. The van der Waals surface area contributed by atoms with E-state index in [0.29, 0.717) is 5.69 Å². The number of rotatable bonds is 2. The molecule has 6 heteroatoms. The number of aromatic nitrogens is 2. The fourth-order valence-electron chi connectivity index (χ4n) is 1.71. The quantitative estimate of drug-likeness (QED) is 0.766. The number of thiazole rings is 1. The molecule has 2 aromatic heterocycles. The summed E-state index contributed by atoms with van der Waals surface area (Å²) in [6.45, 7) is 1.95.